The second-order valence-electron chi connectivity index (χ2n) is 3.52. The van der Waals surface area contributed by atoms with Crippen LogP contribution < -0.4 is 9.47 Å². The summed E-state index contributed by atoms with van der Waals surface area (Å²) in [7, 11) is 0. The van der Waals surface area contributed by atoms with E-state index in [1.165, 1.54) is 18.2 Å². The third-order valence-corrected chi connectivity index (χ3v) is 2.17. The van der Waals surface area contributed by atoms with Crippen molar-refractivity contribution in [3.63, 3.8) is 0 Å². The normalized spacial score (nSPS) is 9.79. The maximum atomic E-state index is 11.2. The number of hydrogen-bond acceptors (Lipinski definition) is 6. The summed E-state index contributed by atoms with van der Waals surface area (Å²) in [5.41, 5.74) is -0.536. The largest absolute Gasteiger partial charge is 0.419 e. The van der Waals surface area contributed by atoms with E-state index in [1.54, 1.807) is 13.8 Å². The van der Waals surface area contributed by atoms with Gasteiger partial charge in [0.15, 0.2) is 0 Å². The predicted octanol–water partition coefficient (Wildman–Crippen LogP) is 2.23. The van der Waals surface area contributed by atoms with Gasteiger partial charge in [0.25, 0.3) is 0 Å². The summed E-state index contributed by atoms with van der Waals surface area (Å²) in [5, 5.41) is 11.0. The minimum Gasteiger partial charge on any atom is -0.419 e. The number of carbonyl (C=O) groups excluding carboxylic acids is 2. The molecule has 0 bridgehead atoms. The molecule has 0 unspecified atom stereocenters. The molecule has 0 aromatic heterocycles. The van der Waals surface area contributed by atoms with Gasteiger partial charge in [0.05, 0.1) is 4.92 Å². The molecule has 0 N–H and O–H groups in total. The standard InChI is InChI=1S/C12H13NO6/c1-3-10(14)18-8-6-5-7-9(12(8)13(16)17)19-11(15)4-2/h5-7H,3-4H2,1-2H3. The van der Waals surface area contributed by atoms with Gasteiger partial charge in [-0.15, -0.1) is 0 Å². The van der Waals surface area contributed by atoms with E-state index < -0.39 is 22.5 Å². The molecule has 1 rings (SSSR count). The lowest BCUT2D eigenvalue weighted by molar-refractivity contribution is -0.386. The molecule has 0 fully saturated rings. The molecule has 1 aromatic rings. The Morgan fingerprint density at radius 2 is 1.53 bits per heavy atom. The van der Waals surface area contributed by atoms with Crippen LogP contribution in [0.1, 0.15) is 26.7 Å². The summed E-state index contributed by atoms with van der Waals surface area (Å²) in [4.78, 5) is 32.6. The lowest BCUT2D eigenvalue weighted by atomic mass is 10.2. The van der Waals surface area contributed by atoms with Gasteiger partial charge in [0.1, 0.15) is 0 Å². The first-order chi connectivity index (χ1) is 8.99. The number of rotatable bonds is 5. The number of carbonyl (C=O) groups is 2. The molecular formula is C12H13NO6. The van der Waals surface area contributed by atoms with Crippen LogP contribution in [0.5, 0.6) is 11.5 Å². The van der Waals surface area contributed by atoms with Crippen molar-refractivity contribution in [2.75, 3.05) is 0 Å². The first kappa shape index (κ1) is 14.6. The van der Waals surface area contributed by atoms with Crippen molar-refractivity contribution in [1.29, 1.82) is 0 Å². The van der Waals surface area contributed by atoms with Gasteiger partial charge in [-0.1, -0.05) is 19.9 Å². The molecule has 0 radical (unpaired) electrons. The summed E-state index contributed by atoms with van der Waals surface area (Å²) < 4.78 is 9.68. The van der Waals surface area contributed by atoms with Crippen molar-refractivity contribution in [3.8, 4) is 11.5 Å². The first-order valence-electron chi connectivity index (χ1n) is 5.68. The van der Waals surface area contributed by atoms with Crippen LogP contribution in [-0.2, 0) is 9.59 Å². The van der Waals surface area contributed by atoms with E-state index in [0.717, 1.165) is 0 Å². The summed E-state index contributed by atoms with van der Waals surface area (Å²) in [5.74, 6) is -1.69. The highest BCUT2D eigenvalue weighted by Crippen LogP contribution is 2.36. The van der Waals surface area contributed by atoms with Crippen LogP contribution in [-0.4, -0.2) is 16.9 Å². The Morgan fingerprint density at radius 1 is 1.11 bits per heavy atom. The quantitative estimate of drug-likeness (QED) is 0.351. The second kappa shape index (κ2) is 6.48. The third kappa shape index (κ3) is 3.77. The Kier molecular flexibility index (Phi) is 4.99. The number of esters is 2. The predicted molar refractivity (Wildman–Crippen MR) is 64.9 cm³/mol. The fraction of sp³-hybridized carbons (Fsp3) is 0.333. The van der Waals surface area contributed by atoms with Crippen LogP contribution in [0, 0.1) is 10.1 Å². The number of para-hydroxylation sites is 1. The van der Waals surface area contributed by atoms with Crippen molar-refractivity contribution in [2.24, 2.45) is 0 Å². The number of nitro benzene ring substituents is 1. The zero-order valence-corrected chi connectivity index (χ0v) is 10.5. The van der Waals surface area contributed by atoms with E-state index in [2.05, 4.69) is 0 Å². The minimum absolute atomic E-state index is 0.0795. The lowest BCUT2D eigenvalue weighted by Gasteiger charge is -2.07. The topological polar surface area (TPSA) is 95.7 Å². The smallest absolute Gasteiger partial charge is 0.353 e. The maximum absolute atomic E-state index is 11.2. The van der Waals surface area contributed by atoms with Gasteiger partial charge < -0.3 is 9.47 Å². The molecule has 0 heterocycles. The van der Waals surface area contributed by atoms with Gasteiger partial charge >= 0.3 is 17.6 Å². The van der Waals surface area contributed by atoms with Gasteiger partial charge in [0, 0.05) is 12.8 Å². The molecule has 0 aliphatic rings. The van der Waals surface area contributed by atoms with Crippen LogP contribution in [0.3, 0.4) is 0 Å². The first-order valence-corrected chi connectivity index (χ1v) is 5.68. The highest BCUT2D eigenvalue weighted by Gasteiger charge is 2.25. The molecule has 1 aromatic carbocycles. The molecule has 0 spiro atoms. The monoisotopic (exact) mass is 267 g/mol. The molecule has 0 amide bonds. The molecule has 7 nitrogen and oxygen atoms in total. The number of ether oxygens (including phenoxy) is 2. The highest BCUT2D eigenvalue weighted by atomic mass is 16.6. The van der Waals surface area contributed by atoms with Gasteiger partial charge in [-0.3, -0.25) is 19.7 Å². The molecule has 0 saturated carbocycles. The fourth-order valence-corrected chi connectivity index (χ4v) is 1.24. The fourth-order valence-electron chi connectivity index (χ4n) is 1.24. The molecule has 102 valence electrons. The Balaban J connectivity index is 3.17. The minimum atomic E-state index is -0.753. The molecule has 0 aliphatic carbocycles. The van der Waals surface area contributed by atoms with Crippen LogP contribution in [0.2, 0.25) is 0 Å². The summed E-state index contributed by atoms with van der Waals surface area (Å²) in [6.45, 7) is 3.13. The highest BCUT2D eigenvalue weighted by molar-refractivity contribution is 5.77. The van der Waals surface area contributed by atoms with Crippen LogP contribution in [0.4, 0.5) is 5.69 Å². The van der Waals surface area contributed by atoms with E-state index in [0.29, 0.717) is 0 Å². The van der Waals surface area contributed by atoms with Crippen molar-refractivity contribution >= 4 is 17.6 Å². The number of hydrogen-bond donors (Lipinski definition) is 0. The Morgan fingerprint density at radius 3 is 1.84 bits per heavy atom. The van der Waals surface area contributed by atoms with Gasteiger partial charge in [-0.25, -0.2) is 0 Å². The molecule has 0 saturated heterocycles. The average Bonchev–Trinajstić information content (AvgIpc) is 2.38. The van der Waals surface area contributed by atoms with E-state index >= 15 is 0 Å². The van der Waals surface area contributed by atoms with Crippen LogP contribution in [0.15, 0.2) is 18.2 Å². The van der Waals surface area contributed by atoms with Gasteiger partial charge in [0.2, 0.25) is 11.5 Å². The van der Waals surface area contributed by atoms with Crippen molar-refractivity contribution < 1.29 is 24.0 Å². The Hall–Kier alpha value is -2.44. The van der Waals surface area contributed by atoms with Gasteiger partial charge in [-0.05, 0) is 12.1 Å². The summed E-state index contributed by atoms with van der Waals surface area (Å²) in [6, 6.07) is 3.95. The summed E-state index contributed by atoms with van der Waals surface area (Å²) >= 11 is 0. The number of nitrogens with zero attached hydrogens (tertiary/aromatic N) is 1. The Labute approximate surface area is 109 Å². The molecular weight excluding hydrogens is 254 g/mol. The average molecular weight is 267 g/mol. The van der Waals surface area contributed by atoms with Crippen molar-refractivity contribution in [1.82, 2.24) is 0 Å². The van der Waals surface area contributed by atoms with E-state index in [4.69, 9.17) is 9.47 Å². The molecule has 7 heteroatoms. The zero-order valence-electron chi connectivity index (χ0n) is 10.5. The van der Waals surface area contributed by atoms with Crippen molar-refractivity contribution in [3.05, 3.63) is 28.3 Å². The van der Waals surface area contributed by atoms with E-state index in [-0.39, 0.29) is 24.3 Å². The van der Waals surface area contributed by atoms with Crippen LogP contribution >= 0.6 is 0 Å². The van der Waals surface area contributed by atoms with Crippen LogP contribution in [0.25, 0.3) is 0 Å². The van der Waals surface area contributed by atoms with E-state index in [1.807, 2.05) is 0 Å². The third-order valence-electron chi connectivity index (χ3n) is 2.17. The number of nitro groups is 1. The molecule has 19 heavy (non-hydrogen) atoms. The van der Waals surface area contributed by atoms with Gasteiger partial charge in [-0.2, -0.15) is 0 Å². The Bertz CT molecular complexity index is 475. The number of benzene rings is 1. The maximum Gasteiger partial charge on any atom is 0.353 e. The zero-order chi connectivity index (χ0) is 14.4. The SMILES string of the molecule is CCC(=O)Oc1cccc(OC(=O)CC)c1[N+](=O)[O-]. The lowest BCUT2D eigenvalue weighted by Crippen LogP contribution is -2.10. The van der Waals surface area contributed by atoms with Crippen molar-refractivity contribution in [2.45, 2.75) is 26.7 Å². The summed E-state index contributed by atoms with van der Waals surface area (Å²) in [6.07, 6.45) is 0.159. The molecule has 0 aliphatic heterocycles. The van der Waals surface area contributed by atoms with E-state index in [9.17, 15) is 19.7 Å². The molecule has 0 atom stereocenters. The second-order valence-corrected chi connectivity index (χ2v) is 3.52.